The van der Waals surface area contributed by atoms with Gasteiger partial charge in [-0.1, -0.05) is 48.9 Å². The molecule has 0 aromatic heterocycles. The van der Waals surface area contributed by atoms with Gasteiger partial charge in [0.2, 0.25) is 0 Å². The van der Waals surface area contributed by atoms with Crippen LogP contribution in [0.2, 0.25) is 0 Å². The number of hydrogen-bond donors (Lipinski definition) is 1. The average molecular weight is 209 g/mol. The van der Waals surface area contributed by atoms with Crippen molar-refractivity contribution in [2.75, 3.05) is 0 Å². The average Bonchev–Trinajstić information content (AvgIpc) is 2.30. The summed E-state index contributed by atoms with van der Waals surface area (Å²) in [5.41, 5.74) is 8.87. The van der Waals surface area contributed by atoms with Crippen LogP contribution >= 0.6 is 0 Å². The Morgan fingerprint density at radius 3 is 2.44 bits per heavy atom. The Labute approximate surface area is 97.0 Å². The third-order valence-electron chi connectivity index (χ3n) is 2.23. The van der Waals surface area contributed by atoms with E-state index in [2.05, 4.69) is 12.5 Å². The fraction of sp³-hybridized carbons (Fsp3) is 0.0667. The quantitative estimate of drug-likeness (QED) is 0.600. The van der Waals surface area contributed by atoms with Gasteiger partial charge in [0.05, 0.1) is 0 Å². The van der Waals surface area contributed by atoms with Crippen molar-refractivity contribution in [1.29, 1.82) is 0 Å². The van der Waals surface area contributed by atoms with E-state index in [0.29, 0.717) is 11.3 Å². The molecule has 0 aliphatic heterocycles. The number of hydrogen-bond acceptors (Lipinski definition) is 1. The Balaban J connectivity index is 2.95. The number of terminal acetylenes is 1. The molecule has 0 aliphatic rings. The van der Waals surface area contributed by atoms with E-state index in [0.717, 1.165) is 11.1 Å². The zero-order chi connectivity index (χ0) is 12.0. The first kappa shape index (κ1) is 11.9. The summed E-state index contributed by atoms with van der Waals surface area (Å²) in [7, 11) is 0. The molecule has 1 aromatic rings. The summed E-state index contributed by atoms with van der Waals surface area (Å²) in [6, 6.07) is 10.1. The third-order valence-corrected chi connectivity index (χ3v) is 2.23. The van der Waals surface area contributed by atoms with Crippen molar-refractivity contribution in [2.45, 2.75) is 6.92 Å². The smallest absolute Gasteiger partial charge is 0.0466 e. The van der Waals surface area contributed by atoms with Gasteiger partial charge >= 0.3 is 0 Å². The highest BCUT2D eigenvalue weighted by atomic mass is 14.6. The van der Waals surface area contributed by atoms with Gasteiger partial charge in [-0.05, 0) is 24.1 Å². The van der Waals surface area contributed by atoms with Crippen molar-refractivity contribution in [1.82, 2.24) is 0 Å². The summed E-state index contributed by atoms with van der Waals surface area (Å²) >= 11 is 0. The van der Waals surface area contributed by atoms with Crippen LogP contribution in [0, 0.1) is 12.3 Å². The Hall–Kier alpha value is -2.20. The van der Waals surface area contributed by atoms with Gasteiger partial charge < -0.3 is 5.73 Å². The lowest BCUT2D eigenvalue weighted by molar-refractivity contribution is 1.39. The molecular weight excluding hydrogens is 194 g/mol. The molecule has 1 rings (SSSR count). The predicted molar refractivity (Wildman–Crippen MR) is 70.3 cm³/mol. The minimum atomic E-state index is 0.416. The molecule has 1 heteroatoms. The third kappa shape index (κ3) is 3.18. The van der Waals surface area contributed by atoms with Crippen LogP contribution in [0.4, 0.5) is 0 Å². The molecule has 0 spiro atoms. The van der Waals surface area contributed by atoms with Gasteiger partial charge in [0, 0.05) is 11.3 Å². The molecule has 0 saturated carbocycles. The molecule has 1 nitrogen and oxygen atoms in total. The van der Waals surface area contributed by atoms with Crippen LogP contribution < -0.4 is 5.73 Å². The molecular formula is C15H15N. The lowest BCUT2D eigenvalue weighted by atomic mass is 10.1. The van der Waals surface area contributed by atoms with E-state index in [-0.39, 0.29) is 0 Å². The van der Waals surface area contributed by atoms with Crippen LogP contribution in [0.1, 0.15) is 12.5 Å². The van der Waals surface area contributed by atoms with Crippen LogP contribution in [-0.2, 0) is 0 Å². The first-order valence-corrected chi connectivity index (χ1v) is 5.00. The van der Waals surface area contributed by atoms with Crippen molar-refractivity contribution in [2.24, 2.45) is 5.73 Å². The lowest BCUT2D eigenvalue weighted by Crippen LogP contribution is -1.96. The van der Waals surface area contributed by atoms with E-state index in [1.54, 1.807) is 0 Å². The molecule has 0 heterocycles. The van der Waals surface area contributed by atoms with Crippen molar-refractivity contribution in [3.05, 3.63) is 65.9 Å². The standard InChI is InChI=1S/C15H15N/c1-4-14(13(3)16)11-10-12(2)15-8-6-5-7-9-15/h1,5-11H,3,16H2,2H3/b12-10+,14-11+. The van der Waals surface area contributed by atoms with E-state index >= 15 is 0 Å². The molecule has 0 aliphatic carbocycles. The zero-order valence-corrected chi connectivity index (χ0v) is 9.40. The summed E-state index contributed by atoms with van der Waals surface area (Å²) in [5, 5.41) is 0. The second-order valence-corrected chi connectivity index (χ2v) is 3.47. The minimum absolute atomic E-state index is 0.416. The van der Waals surface area contributed by atoms with Gasteiger partial charge in [-0.15, -0.1) is 6.42 Å². The fourth-order valence-corrected chi connectivity index (χ4v) is 1.25. The van der Waals surface area contributed by atoms with E-state index in [4.69, 9.17) is 12.2 Å². The molecule has 1 aromatic carbocycles. The lowest BCUT2D eigenvalue weighted by Gasteiger charge is -2.00. The first-order valence-electron chi connectivity index (χ1n) is 5.00. The Bertz CT molecular complexity index is 470. The van der Waals surface area contributed by atoms with Crippen LogP contribution in [0.5, 0.6) is 0 Å². The summed E-state index contributed by atoms with van der Waals surface area (Å²) in [5.74, 6) is 2.50. The van der Waals surface area contributed by atoms with Crippen molar-refractivity contribution in [3.63, 3.8) is 0 Å². The van der Waals surface area contributed by atoms with Crippen molar-refractivity contribution in [3.8, 4) is 12.3 Å². The number of benzene rings is 1. The second-order valence-electron chi connectivity index (χ2n) is 3.47. The minimum Gasteiger partial charge on any atom is -0.398 e. The topological polar surface area (TPSA) is 26.0 Å². The van der Waals surface area contributed by atoms with Crippen LogP contribution in [0.3, 0.4) is 0 Å². The number of rotatable bonds is 3. The van der Waals surface area contributed by atoms with Gasteiger partial charge in [-0.25, -0.2) is 0 Å². The largest absolute Gasteiger partial charge is 0.398 e. The van der Waals surface area contributed by atoms with Gasteiger partial charge in [-0.3, -0.25) is 0 Å². The predicted octanol–water partition coefficient (Wildman–Crippen LogP) is 3.12. The Kier molecular flexibility index (Phi) is 4.17. The SMILES string of the molecule is C#C/C(=C\C=C(/C)c1ccccc1)C(=C)N. The molecule has 0 saturated heterocycles. The summed E-state index contributed by atoms with van der Waals surface area (Å²) < 4.78 is 0. The van der Waals surface area contributed by atoms with E-state index < -0.39 is 0 Å². The van der Waals surface area contributed by atoms with Gasteiger partial charge in [0.15, 0.2) is 0 Å². The van der Waals surface area contributed by atoms with E-state index in [9.17, 15) is 0 Å². The Morgan fingerprint density at radius 1 is 1.31 bits per heavy atom. The molecule has 0 fully saturated rings. The first-order chi connectivity index (χ1) is 7.65. The van der Waals surface area contributed by atoms with Gasteiger partial charge in [-0.2, -0.15) is 0 Å². The molecule has 80 valence electrons. The van der Waals surface area contributed by atoms with Gasteiger partial charge in [0.25, 0.3) is 0 Å². The highest BCUT2D eigenvalue weighted by molar-refractivity contribution is 5.66. The zero-order valence-electron chi connectivity index (χ0n) is 9.40. The van der Waals surface area contributed by atoms with Crippen LogP contribution in [0.25, 0.3) is 5.57 Å². The molecule has 16 heavy (non-hydrogen) atoms. The van der Waals surface area contributed by atoms with E-state index in [1.165, 1.54) is 0 Å². The fourth-order valence-electron chi connectivity index (χ4n) is 1.25. The maximum absolute atomic E-state index is 5.54. The monoisotopic (exact) mass is 209 g/mol. The second kappa shape index (κ2) is 5.63. The molecule has 0 unspecified atom stereocenters. The summed E-state index contributed by atoms with van der Waals surface area (Å²) in [6.45, 7) is 5.64. The Morgan fingerprint density at radius 2 is 1.94 bits per heavy atom. The van der Waals surface area contributed by atoms with Crippen LogP contribution in [0.15, 0.2) is 60.3 Å². The van der Waals surface area contributed by atoms with Crippen molar-refractivity contribution < 1.29 is 0 Å². The van der Waals surface area contributed by atoms with E-state index in [1.807, 2.05) is 49.4 Å². The molecule has 0 atom stereocenters. The molecule has 0 bridgehead atoms. The summed E-state index contributed by atoms with van der Waals surface area (Å²) in [4.78, 5) is 0. The van der Waals surface area contributed by atoms with Gasteiger partial charge in [0.1, 0.15) is 0 Å². The molecule has 2 N–H and O–H groups in total. The van der Waals surface area contributed by atoms with Crippen molar-refractivity contribution >= 4 is 5.57 Å². The highest BCUT2D eigenvalue weighted by Gasteiger charge is 1.94. The highest BCUT2D eigenvalue weighted by Crippen LogP contribution is 2.13. The summed E-state index contributed by atoms with van der Waals surface area (Å²) in [6.07, 6.45) is 9.07. The maximum Gasteiger partial charge on any atom is 0.0466 e. The van der Waals surface area contributed by atoms with Crippen LogP contribution in [-0.4, -0.2) is 0 Å². The molecule has 0 radical (unpaired) electrons. The number of allylic oxidation sites excluding steroid dienone is 4. The molecule has 0 amide bonds. The maximum atomic E-state index is 5.54. The normalized spacial score (nSPS) is 12.0. The number of nitrogens with two attached hydrogens (primary N) is 1.